The Morgan fingerprint density at radius 3 is 1.27 bits per heavy atom. The van der Waals surface area contributed by atoms with Crippen molar-refractivity contribution in [3.05, 3.63) is 194 Å². The fourth-order valence-electron chi connectivity index (χ4n) is 9.32. The number of benzene rings is 10. The summed E-state index contributed by atoms with van der Waals surface area (Å²) in [6.45, 7) is 0. The average Bonchev–Trinajstić information content (AvgIpc) is 3.65. The quantitative estimate of drug-likeness (QED) is 0.164. The summed E-state index contributed by atoms with van der Waals surface area (Å²) in [5, 5.41) is 10.0. The van der Waals surface area contributed by atoms with Gasteiger partial charge in [0.15, 0.2) is 0 Å². The number of hydrogen-bond donors (Lipinski definition) is 0. The lowest BCUT2D eigenvalue weighted by atomic mass is 9.79. The average molecular weight is 697 g/mol. The van der Waals surface area contributed by atoms with Crippen LogP contribution in [0.5, 0.6) is 0 Å². The van der Waals surface area contributed by atoms with E-state index in [2.05, 4.69) is 188 Å². The van der Waals surface area contributed by atoms with Crippen molar-refractivity contribution in [2.75, 3.05) is 0 Å². The molecule has 254 valence electrons. The van der Waals surface area contributed by atoms with E-state index in [1.807, 2.05) is 6.07 Å². The second-order valence-electron chi connectivity index (χ2n) is 14.7. The second kappa shape index (κ2) is 11.6. The molecule has 0 bridgehead atoms. The molecular weight excluding hydrogens is 665 g/mol. The SMILES string of the molecule is c1ccc2c(c1)-c1ccccc1-c1cc(-c3ccc4c5ccccc5c5ccccc5c4c3)ccc1-c1cc(-c3cccc4c3oc3ccccc34)ccc1-2. The molecule has 0 spiro atoms. The van der Waals surface area contributed by atoms with Gasteiger partial charge in [-0.15, -0.1) is 0 Å². The summed E-state index contributed by atoms with van der Waals surface area (Å²) in [6, 6.07) is 71.3. The van der Waals surface area contributed by atoms with Crippen molar-refractivity contribution in [3.63, 3.8) is 0 Å². The van der Waals surface area contributed by atoms with E-state index in [9.17, 15) is 0 Å². The molecule has 0 unspecified atom stereocenters. The number of furan rings is 1. The van der Waals surface area contributed by atoms with Crippen molar-refractivity contribution in [2.45, 2.75) is 0 Å². The van der Waals surface area contributed by atoms with Crippen molar-refractivity contribution in [1.29, 1.82) is 0 Å². The van der Waals surface area contributed by atoms with Crippen LogP contribution < -0.4 is 0 Å². The van der Waals surface area contributed by atoms with Gasteiger partial charge in [-0.25, -0.2) is 0 Å². The summed E-state index contributed by atoms with van der Waals surface area (Å²) in [5.74, 6) is 0. The lowest BCUT2D eigenvalue weighted by Gasteiger charge is -2.24. The van der Waals surface area contributed by atoms with E-state index in [1.165, 1.54) is 88.0 Å². The van der Waals surface area contributed by atoms with E-state index in [-0.39, 0.29) is 0 Å². The van der Waals surface area contributed by atoms with Crippen LogP contribution in [0, 0.1) is 0 Å². The number of hydrogen-bond acceptors (Lipinski definition) is 1. The van der Waals surface area contributed by atoms with Crippen molar-refractivity contribution in [2.24, 2.45) is 0 Å². The molecule has 1 aliphatic rings. The zero-order valence-electron chi connectivity index (χ0n) is 29.9. The van der Waals surface area contributed by atoms with Crippen LogP contribution >= 0.6 is 0 Å². The van der Waals surface area contributed by atoms with Crippen molar-refractivity contribution in [1.82, 2.24) is 0 Å². The number of para-hydroxylation sites is 2. The minimum Gasteiger partial charge on any atom is -0.455 e. The molecule has 0 saturated carbocycles. The van der Waals surface area contributed by atoms with Gasteiger partial charge in [0.05, 0.1) is 0 Å². The Morgan fingerprint density at radius 1 is 0.218 bits per heavy atom. The van der Waals surface area contributed by atoms with E-state index >= 15 is 0 Å². The normalized spacial score (nSPS) is 12.0. The van der Waals surface area contributed by atoms with Crippen molar-refractivity contribution < 1.29 is 4.42 Å². The van der Waals surface area contributed by atoms with Gasteiger partial charge in [-0.1, -0.05) is 170 Å². The third kappa shape index (κ3) is 4.48. The molecule has 0 atom stereocenters. The first-order valence-corrected chi connectivity index (χ1v) is 19.0. The molecule has 1 heteroatoms. The van der Waals surface area contributed by atoms with Gasteiger partial charge in [-0.05, 0) is 118 Å². The highest BCUT2D eigenvalue weighted by molar-refractivity contribution is 6.25. The summed E-state index contributed by atoms with van der Waals surface area (Å²) < 4.78 is 6.54. The Morgan fingerprint density at radius 2 is 0.618 bits per heavy atom. The van der Waals surface area contributed by atoms with Crippen LogP contribution in [0.1, 0.15) is 0 Å². The summed E-state index contributed by atoms with van der Waals surface area (Å²) >= 11 is 0. The van der Waals surface area contributed by atoms with Crippen LogP contribution in [0.15, 0.2) is 199 Å². The van der Waals surface area contributed by atoms with E-state index in [4.69, 9.17) is 4.42 Å². The summed E-state index contributed by atoms with van der Waals surface area (Å²) in [4.78, 5) is 0. The summed E-state index contributed by atoms with van der Waals surface area (Å²) in [6.07, 6.45) is 0. The zero-order chi connectivity index (χ0) is 36.0. The standard InChI is InChI=1S/C54H32O/c1-3-16-41-37(12-1)39-14-5-7-18-43(39)50-30-33(24-27-45(41)50)34-25-28-47-51(31-34)44-19-8-6-15-40(44)38-13-2-4-17-42(38)46-29-26-35(32-52(46)47)36-21-11-22-49-48-20-9-10-23-53(48)55-54(36)49/h1-32H. The van der Waals surface area contributed by atoms with E-state index < -0.39 is 0 Å². The predicted molar refractivity (Wildman–Crippen MR) is 232 cm³/mol. The largest absolute Gasteiger partial charge is 0.455 e. The van der Waals surface area contributed by atoms with E-state index in [0.717, 1.165) is 33.1 Å². The third-order valence-electron chi connectivity index (χ3n) is 11.8. The smallest absolute Gasteiger partial charge is 0.143 e. The van der Waals surface area contributed by atoms with Gasteiger partial charge in [0, 0.05) is 16.3 Å². The molecule has 0 amide bonds. The molecule has 10 aromatic carbocycles. The van der Waals surface area contributed by atoms with Crippen LogP contribution in [0.3, 0.4) is 0 Å². The Bertz CT molecular complexity index is 3340. The lowest BCUT2D eigenvalue weighted by Crippen LogP contribution is -1.98. The molecule has 0 fully saturated rings. The maximum Gasteiger partial charge on any atom is 0.143 e. The molecule has 0 saturated heterocycles. The van der Waals surface area contributed by atoms with Gasteiger partial charge in [-0.2, -0.15) is 0 Å². The maximum atomic E-state index is 6.54. The number of fused-ring (bicyclic) bond motifs is 17. The Balaban J connectivity index is 1.11. The first-order valence-electron chi connectivity index (χ1n) is 19.0. The first-order chi connectivity index (χ1) is 27.3. The van der Waals surface area contributed by atoms with Gasteiger partial charge in [0.2, 0.25) is 0 Å². The molecule has 1 heterocycles. The fourth-order valence-corrected chi connectivity index (χ4v) is 9.32. The molecule has 1 aliphatic carbocycles. The highest BCUT2D eigenvalue weighted by Crippen LogP contribution is 2.50. The third-order valence-corrected chi connectivity index (χ3v) is 11.8. The predicted octanol–water partition coefficient (Wildman–Crippen LogP) is 15.4. The molecule has 0 N–H and O–H groups in total. The van der Waals surface area contributed by atoms with Gasteiger partial charge >= 0.3 is 0 Å². The highest BCUT2D eigenvalue weighted by Gasteiger charge is 2.24. The summed E-state index contributed by atoms with van der Waals surface area (Å²) in [7, 11) is 0. The Labute approximate surface area is 318 Å². The topological polar surface area (TPSA) is 13.1 Å². The Hall–Kier alpha value is -7.22. The van der Waals surface area contributed by atoms with Crippen molar-refractivity contribution >= 4 is 54.3 Å². The molecule has 11 aromatic rings. The molecule has 0 radical (unpaired) electrons. The minimum absolute atomic E-state index is 0.912. The first kappa shape index (κ1) is 30.3. The van der Waals surface area contributed by atoms with Gasteiger partial charge in [0.1, 0.15) is 11.2 Å². The van der Waals surface area contributed by atoms with Crippen LogP contribution in [0.4, 0.5) is 0 Å². The fraction of sp³-hybridized carbons (Fsp3) is 0. The molecule has 1 aromatic heterocycles. The van der Waals surface area contributed by atoms with Crippen LogP contribution in [0.2, 0.25) is 0 Å². The van der Waals surface area contributed by atoms with E-state index in [1.54, 1.807) is 0 Å². The number of rotatable bonds is 2. The monoisotopic (exact) mass is 696 g/mol. The molecular formula is C54H32O. The lowest BCUT2D eigenvalue weighted by molar-refractivity contribution is 0.670. The van der Waals surface area contributed by atoms with E-state index in [0.29, 0.717) is 0 Å². The molecule has 55 heavy (non-hydrogen) atoms. The second-order valence-corrected chi connectivity index (χ2v) is 14.7. The molecule has 12 rings (SSSR count). The van der Waals surface area contributed by atoms with Crippen LogP contribution in [-0.4, -0.2) is 0 Å². The molecule has 0 aliphatic heterocycles. The minimum atomic E-state index is 0.912. The Kier molecular flexibility index (Phi) is 6.40. The van der Waals surface area contributed by atoms with Crippen LogP contribution in [0.25, 0.3) is 121 Å². The molecule has 1 nitrogen and oxygen atoms in total. The van der Waals surface area contributed by atoms with Gasteiger partial charge < -0.3 is 4.42 Å². The highest BCUT2D eigenvalue weighted by atomic mass is 16.3. The zero-order valence-corrected chi connectivity index (χ0v) is 29.9. The van der Waals surface area contributed by atoms with Crippen molar-refractivity contribution in [3.8, 4) is 66.8 Å². The van der Waals surface area contributed by atoms with Gasteiger partial charge in [-0.3, -0.25) is 0 Å². The van der Waals surface area contributed by atoms with Crippen LogP contribution in [-0.2, 0) is 0 Å². The maximum absolute atomic E-state index is 6.54. The van der Waals surface area contributed by atoms with Gasteiger partial charge in [0.25, 0.3) is 0 Å². The summed E-state index contributed by atoms with van der Waals surface area (Å²) in [5.41, 5.74) is 16.3.